The second kappa shape index (κ2) is 5.45. The molecule has 0 unspecified atom stereocenters. The monoisotopic (exact) mass is 230 g/mol. The van der Waals surface area contributed by atoms with Gasteiger partial charge in [0.05, 0.1) is 18.2 Å². The van der Waals surface area contributed by atoms with Crippen LogP contribution in [0.3, 0.4) is 0 Å². The van der Waals surface area contributed by atoms with E-state index in [0.717, 1.165) is 6.54 Å². The maximum absolute atomic E-state index is 10.1. The topological polar surface area (TPSA) is 46.9 Å². The smallest absolute Gasteiger partial charge is 0.0979 e. The molecule has 0 amide bonds. The normalized spacial score (nSPS) is 33.0. The molecule has 0 aliphatic carbocycles. The van der Waals surface area contributed by atoms with E-state index in [9.17, 15) is 10.2 Å². The van der Waals surface area contributed by atoms with Gasteiger partial charge in [0.15, 0.2) is 0 Å². The summed E-state index contributed by atoms with van der Waals surface area (Å²) in [5.41, 5.74) is 0. The Balaban J connectivity index is 2.81. The van der Waals surface area contributed by atoms with Crippen LogP contribution in [0.15, 0.2) is 0 Å². The highest BCUT2D eigenvalue weighted by molar-refractivity contribution is 4.93. The van der Waals surface area contributed by atoms with Crippen molar-refractivity contribution < 1.29 is 10.2 Å². The predicted molar refractivity (Wildman–Crippen MR) is 65.4 cm³/mol. The molecule has 1 heterocycles. The molecule has 1 fully saturated rings. The number of likely N-dealkylation sites (N-methyl/N-ethyl adjacent to an activating group) is 1. The first-order valence-corrected chi connectivity index (χ1v) is 6.16. The first-order chi connectivity index (χ1) is 7.34. The number of aliphatic hydroxyl groups excluding tert-OH is 2. The predicted octanol–water partition coefficient (Wildman–Crippen LogP) is 0.141. The first kappa shape index (κ1) is 13.9. The van der Waals surface area contributed by atoms with Crippen molar-refractivity contribution in [2.75, 3.05) is 20.1 Å². The van der Waals surface area contributed by atoms with Gasteiger partial charge in [0.25, 0.3) is 0 Å². The molecule has 96 valence electrons. The number of likely N-dealkylation sites (tertiary alicyclic amines) is 1. The lowest BCUT2D eigenvalue weighted by Crippen LogP contribution is -2.63. The van der Waals surface area contributed by atoms with Crippen LogP contribution in [0.5, 0.6) is 0 Å². The van der Waals surface area contributed by atoms with Crippen molar-refractivity contribution in [3.63, 3.8) is 0 Å². The maximum atomic E-state index is 10.1. The molecule has 0 saturated carbocycles. The van der Waals surface area contributed by atoms with E-state index < -0.39 is 12.2 Å². The van der Waals surface area contributed by atoms with Crippen molar-refractivity contribution in [2.45, 2.75) is 58.0 Å². The number of piperidine rings is 1. The second-order valence-electron chi connectivity index (χ2n) is 5.48. The Kier molecular flexibility index (Phi) is 4.73. The van der Waals surface area contributed by atoms with Gasteiger partial charge in [-0.2, -0.15) is 0 Å². The third kappa shape index (κ3) is 2.94. The van der Waals surface area contributed by atoms with Gasteiger partial charge in [-0.3, -0.25) is 4.90 Å². The Morgan fingerprint density at radius 3 is 2.00 bits per heavy atom. The molecule has 3 atom stereocenters. The number of hydrogen-bond donors (Lipinski definition) is 2. The van der Waals surface area contributed by atoms with Gasteiger partial charge in [-0.25, -0.2) is 0 Å². The molecular formula is C12H26N2O2. The Labute approximate surface area is 98.9 Å². The van der Waals surface area contributed by atoms with E-state index in [1.165, 1.54) is 0 Å². The Morgan fingerprint density at radius 1 is 1.06 bits per heavy atom. The van der Waals surface area contributed by atoms with Crippen LogP contribution in [0.4, 0.5) is 0 Å². The third-order valence-electron chi connectivity index (χ3n) is 3.36. The minimum atomic E-state index is -0.638. The van der Waals surface area contributed by atoms with E-state index in [-0.39, 0.29) is 6.04 Å². The summed E-state index contributed by atoms with van der Waals surface area (Å²) in [6, 6.07) is 0.769. The molecule has 0 spiro atoms. The highest BCUT2D eigenvalue weighted by atomic mass is 16.3. The van der Waals surface area contributed by atoms with Gasteiger partial charge in [-0.1, -0.05) is 0 Å². The highest BCUT2D eigenvalue weighted by Crippen LogP contribution is 2.20. The molecule has 0 aromatic heterocycles. The van der Waals surface area contributed by atoms with E-state index in [2.05, 4.69) is 37.5 Å². The summed E-state index contributed by atoms with van der Waals surface area (Å²) in [6.45, 7) is 9.90. The lowest BCUT2D eigenvalue weighted by Gasteiger charge is -2.46. The summed E-state index contributed by atoms with van der Waals surface area (Å²) < 4.78 is 0. The van der Waals surface area contributed by atoms with E-state index in [0.29, 0.717) is 18.6 Å². The first-order valence-electron chi connectivity index (χ1n) is 6.16. The van der Waals surface area contributed by atoms with Gasteiger partial charge >= 0.3 is 0 Å². The van der Waals surface area contributed by atoms with Crippen molar-refractivity contribution in [1.29, 1.82) is 0 Å². The van der Waals surface area contributed by atoms with Gasteiger partial charge in [0, 0.05) is 25.2 Å². The van der Waals surface area contributed by atoms with Crippen LogP contribution in [0.2, 0.25) is 0 Å². The fourth-order valence-corrected chi connectivity index (χ4v) is 2.82. The number of β-amino-alcohol motifs (C(OH)–C–C–N with tert-alkyl or cyclic N) is 1. The van der Waals surface area contributed by atoms with Crippen molar-refractivity contribution in [3.8, 4) is 0 Å². The van der Waals surface area contributed by atoms with Crippen LogP contribution in [-0.4, -0.2) is 70.5 Å². The van der Waals surface area contributed by atoms with Gasteiger partial charge in [-0.05, 0) is 34.7 Å². The summed E-state index contributed by atoms with van der Waals surface area (Å²) in [5.74, 6) is 0. The molecule has 4 heteroatoms. The van der Waals surface area contributed by atoms with Gasteiger partial charge in [0.2, 0.25) is 0 Å². The lowest BCUT2D eigenvalue weighted by atomic mass is 9.96. The van der Waals surface area contributed by atoms with Crippen molar-refractivity contribution in [1.82, 2.24) is 9.80 Å². The minimum absolute atomic E-state index is 0.0220. The van der Waals surface area contributed by atoms with E-state index in [1.54, 1.807) is 0 Å². The Morgan fingerprint density at radius 2 is 1.56 bits per heavy atom. The molecule has 16 heavy (non-hydrogen) atoms. The van der Waals surface area contributed by atoms with E-state index in [4.69, 9.17) is 0 Å². The number of hydrogen-bond acceptors (Lipinski definition) is 4. The summed E-state index contributed by atoms with van der Waals surface area (Å²) >= 11 is 0. The molecular weight excluding hydrogens is 204 g/mol. The molecule has 0 aromatic rings. The molecule has 1 rings (SSSR count). The van der Waals surface area contributed by atoms with Crippen LogP contribution >= 0.6 is 0 Å². The molecule has 0 radical (unpaired) electrons. The zero-order chi connectivity index (χ0) is 12.5. The second-order valence-corrected chi connectivity index (χ2v) is 5.48. The Bertz CT molecular complexity index is 213. The molecule has 1 aliphatic heterocycles. The molecule has 4 nitrogen and oxygen atoms in total. The highest BCUT2D eigenvalue weighted by Gasteiger charge is 2.38. The molecule has 0 aromatic carbocycles. The summed E-state index contributed by atoms with van der Waals surface area (Å²) in [5, 5.41) is 19.9. The molecule has 1 aliphatic rings. The summed E-state index contributed by atoms with van der Waals surface area (Å²) in [4.78, 5) is 4.36. The van der Waals surface area contributed by atoms with Gasteiger partial charge < -0.3 is 15.1 Å². The molecule has 1 saturated heterocycles. The van der Waals surface area contributed by atoms with E-state index >= 15 is 0 Å². The zero-order valence-corrected chi connectivity index (χ0v) is 11.1. The fraction of sp³-hybridized carbons (Fsp3) is 1.00. The zero-order valence-electron chi connectivity index (χ0n) is 11.1. The average molecular weight is 230 g/mol. The number of rotatable bonds is 3. The van der Waals surface area contributed by atoms with Crippen LogP contribution in [0, 0.1) is 0 Å². The van der Waals surface area contributed by atoms with Crippen molar-refractivity contribution in [2.24, 2.45) is 0 Å². The van der Waals surface area contributed by atoms with Crippen LogP contribution in [0.25, 0.3) is 0 Å². The molecule has 0 bridgehead atoms. The summed E-state index contributed by atoms with van der Waals surface area (Å²) in [7, 11) is 1.99. The maximum Gasteiger partial charge on any atom is 0.0979 e. The number of aliphatic hydroxyl groups is 2. The van der Waals surface area contributed by atoms with Crippen molar-refractivity contribution in [3.05, 3.63) is 0 Å². The number of nitrogens with zero attached hydrogens (tertiary/aromatic N) is 2. The standard InChI is InChI=1S/C12H26N2O2/c1-8(2)14(9(3)4)10-6-13(5)7-11(15)12(10)16/h8-12,15-16H,6-7H2,1-5H3/t10-,11+,12-/m0/s1. The quantitative estimate of drug-likeness (QED) is 0.724. The Hall–Kier alpha value is -0.160. The largest absolute Gasteiger partial charge is 0.389 e. The van der Waals surface area contributed by atoms with Gasteiger partial charge in [0.1, 0.15) is 0 Å². The third-order valence-corrected chi connectivity index (χ3v) is 3.36. The van der Waals surface area contributed by atoms with Gasteiger partial charge in [-0.15, -0.1) is 0 Å². The van der Waals surface area contributed by atoms with Crippen LogP contribution < -0.4 is 0 Å². The fourth-order valence-electron chi connectivity index (χ4n) is 2.82. The van der Waals surface area contributed by atoms with Crippen molar-refractivity contribution >= 4 is 0 Å². The summed E-state index contributed by atoms with van der Waals surface area (Å²) in [6.07, 6.45) is -1.27. The SMILES string of the molecule is CC(C)N(C(C)C)[C@H]1CN(C)C[C@@H](O)[C@H]1O. The molecule has 2 N–H and O–H groups in total. The van der Waals surface area contributed by atoms with E-state index in [1.807, 2.05) is 7.05 Å². The van der Waals surface area contributed by atoms with Crippen LogP contribution in [-0.2, 0) is 0 Å². The lowest BCUT2D eigenvalue weighted by molar-refractivity contribution is -0.0984. The van der Waals surface area contributed by atoms with Crippen LogP contribution in [0.1, 0.15) is 27.7 Å². The minimum Gasteiger partial charge on any atom is -0.389 e. The average Bonchev–Trinajstić information content (AvgIpc) is 2.12.